The van der Waals surface area contributed by atoms with E-state index in [0.29, 0.717) is 0 Å². The van der Waals surface area contributed by atoms with Crippen molar-refractivity contribution in [2.75, 3.05) is 0 Å². The van der Waals surface area contributed by atoms with Gasteiger partial charge in [-0.25, -0.2) is 0 Å². The highest BCUT2D eigenvalue weighted by atomic mass is 16.3. The molecule has 1 atom stereocenters. The Labute approximate surface area is 96.4 Å². The first kappa shape index (κ1) is 10.9. The fourth-order valence-electron chi connectivity index (χ4n) is 1.70. The van der Waals surface area contributed by atoms with Crippen molar-refractivity contribution in [2.24, 2.45) is 0 Å². The van der Waals surface area contributed by atoms with Crippen LogP contribution in [0.4, 0.5) is 0 Å². The van der Waals surface area contributed by atoms with E-state index in [2.05, 4.69) is 31.2 Å². The highest BCUT2D eigenvalue weighted by Gasteiger charge is 2.01. The fraction of sp³-hybridized carbons (Fsp3) is 0.200. The number of hydrogen-bond donors (Lipinski definition) is 1. The van der Waals surface area contributed by atoms with Gasteiger partial charge in [-0.05, 0) is 30.5 Å². The second-order valence-corrected chi connectivity index (χ2v) is 4.16. The van der Waals surface area contributed by atoms with Gasteiger partial charge in [-0.3, -0.25) is 0 Å². The lowest BCUT2D eigenvalue weighted by molar-refractivity contribution is 0.199. The molecular weight excluding hydrogens is 196 g/mol. The zero-order valence-corrected chi connectivity index (χ0v) is 9.64. The highest BCUT2D eigenvalue weighted by Crippen LogP contribution is 2.22. The molecule has 0 aliphatic heterocycles. The van der Waals surface area contributed by atoms with Crippen LogP contribution in [0.1, 0.15) is 24.2 Å². The Morgan fingerprint density at radius 3 is 1.69 bits per heavy atom. The minimum absolute atomic E-state index is 0.396. The van der Waals surface area contributed by atoms with Crippen LogP contribution < -0.4 is 0 Å². The zero-order valence-electron chi connectivity index (χ0n) is 9.64. The predicted octanol–water partition coefficient (Wildman–Crippen LogP) is 3.72. The van der Waals surface area contributed by atoms with Gasteiger partial charge in [0.15, 0.2) is 0 Å². The molecule has 1 heteroatoms. The number of aliphatic hydroxyl groups is 1. The van der Waals surface area contributed by atoms with Gasteiger partial charge in [0.25, 0.3) is 0 Å². The molecule has 2 aromatic carbocycles. The Balaban J connectivity index is 2.31. The molecule has 0 heterocycles. The van der Waals surface area contributed by atoms with E-state index in [1.807, 2.05) is 24.3 Å². The summed E-state index contributed by atoms with van der Waals surface area (Å²) in [5, 5.41) is 9.42. The van der Waals surface area contributed by atoms with Crippen molar-refractivity contribution < 1.29 is 5.11 Å². The van der Waals surface area contributed by atoms with Crippen LogP contribution in [0.2, 0.25) is 0 Å². The van der Waals surface area contributed by atoms with Crippen LogP contribution in [-0.2, 0) is 0 Å². The first-order valence-electron chi connectivity index (χ1n) is 5.52. The summed E-state index contributed by atoms with van der Waals surface area (Å²) in [5.41, 5.74) is 4.62. The molecule has 2 aromatic rings. The van der Waals surface area contributed by atoms with Gasteiger partial charge in [0.05, 0.1) is 6.10 Å². The molecule has 0 radical (unpaired) electrons. The van der Waals surface area contributed by atoms with E-state index in [9.17, 15) is 5.11 Å². The topological polar surface area (TPSA) is 20.2 Å². The maximum atomic E-state index is 9.42. The second kappa shape index (κ2) is 4.50. The summed E-state index contributed by atoms with van der Waals surface area (Å²) in [6.07, 6.45) is -0.396. The van der Waals surface area contributed by atoms with Gasteiger partial charge in [-0.1, -0.05) is 54.1 Å². The highest BCUT2D eigenvalue weighted by molar-refractivity contribution is 5.63. The lowest BCUT2D eigenvalue weighted by Crippen LogP contribution is -1.89. The lowest BCUT2D eigenvalue weighted by atomic mass is 10.0. The number of benzene rings is 2. The third-order valence-corrected chi connectivity index (χ3v) is 2.78. The summed E-state index contributed by atoms with van der Waals surface area (Å²) in [5.74, 6) is 0. The Hall–Kier alpha value is -1.60. The quantitative estimate of drug-likeness (QED) is 0.804. The summed E-state index contributed by atoms with van der Waals surface area (Å²) in [6.45, 7) is 3.86. The van der Waals surface area contributed by atoms with Crippen LogP contribution in [0.5, 0.6) is 0 Å². The molecule has 0 saturated carbocycles. The summed E-state index contributed by atoms with van der Waals surface area (Å²) in [7, 11) is 0. The third kappa shape index (κ3) is 2.31. The Morgan fingerprint density at radius 1 is 0.812 bits per heavy atom. The van der Waals surface area contributed by atoms with E-state index in [1.54, 1.807) is 6.92 Å². The fourth-order valence-corrected chi connectivity index (χ4v) is 1.70. The van der Waals surface area contributed by atoms with Crippen LogP contribution in [0, 0.1) is 6.92 Å². The molecule has 0 aliphatic carbocycles. The smallest absolute Gasteiger partial charge is 0.0761 e. The van der Waals surface area contributed by atoms with Gasteiger partial charge in [-0.2, -0.15) is 0 Å². The largest absolute Gasteiger partial charge is 0.389 e. The molecule has 0 spiro atoms. The molecule has 1 nitrogen and oxygen atoms in total. The third-order valence-electron chi connectivity index (χ3n) is 2.78. The van der Waals surface area contributed by atoms with Gasteiger partial charge in [-0.15, -0.1) is 0 Å². The van der Waals surface area contributed by atoms with E-state index in [-0.39, 0.29) is 0 Å². The number of rotatable bonds is 2. The van der Waals surface area contributed by atoms with Gasteiger partial charge in [0, 0.05) is 0 Å². The summed E-state index contributed by atoms with van der Waals surface area (Å²) >= 11 is 0. The minimum atomic E-state index is -0.396. The minimum Gasteiger partial charge on any atom is -0.389 e. The molecule has 1 N–H and O–H groups in total. The van der Waals surface area contributed by atoms with Gasteiger partial charge in [0.1, 0.15) is 0 Å². The van der Waals surface area contributed by atoms with Crippen molar-refractivity contribution in [2.45, 2.75) is 20.0 Å². The van der Waals surface area contributed by atoms with Gasteiger partial charge >= 0.3 is 0 Å². The van der Waals surface area contributed by atoms with Crippen LogP contribution in [-0.4, -0.2) is 5.11 Å². The molecule has 0 saturated heterocycles. The Kier molecular flexibility index (Phi) is 3.07. The van der Waals surface area contributed by atoms with Crippen LogP contribution >= 0.6 is 0 Å². The molecule has 82 valence electrons. The van der Waals surface area contributed by atoms with Crippen molar-refractivity contribution in [1.82, 2.24) is 0 Å². The molecule has 16 heavy (non-hydrogen) atoms. The number of aryl methyl sites for hydroxylation is 1. The van der Waals surface area contributed by atoms with E-state index in [0.717, 1.165) is 5.56 Å². The van der Waals surface area contributed by atoms with Crippen LogP contribution in [0.25, 0.3) is 11.1 Å². The standard InChI is InChI=1S/C15H16O/c1-11-3-5-14(6-4-11)15-9-7-13(8-10-15)12(2)16/h3-10,12,16H,1-2H3/t12-/m0/s1. The molecule has 0 aromatic heterocycles. The Morgan fingerprint density at radius 2 is 1.25 bits per heavy atom. The van der Waals surface area contributed by atoms with Gasteiger partial charge in [0.2, 0.25) is 0 Å². The molecular formula is C15H16O. The SMILES string of the molecule is Cc1ccc(-c2ccc([C@H](C)O)cc2)cc1. The summed E-state index contributed by atoms with van der Waals surface area (Å²) in [4.78, 5) is 0. The zero-order chi connectivity index (χ0) is 11.5. The normalized spacial score (nSPS) is 12.4. The average molecular weight is 212 g/mol. The van der Waals surface area contributed by atoms with E-state index >= 15 is 0 Å². The molecule has 2 rings (SSSR count). The Bertz CT molecular complexity index is 452. The molecule has 0 unspecified atom stereocenters. The first-order valence-corrected chi connectivity index (χ1v) is 5.52. The summed E-state index contributed by atoms with van der Waals surface area (Å²) < 4.78 is 0. The molecule has 0 amide bonds. The molecule has 0 bridgehead atoms. The average Bonchev–Trinajstić information content (AvgIpc) is 2.30. The monoisotopic (exact) mass is 212 g/mol. The first-order chi connectivity index (χ1) is 7.66. The van der Waals surface area contributed by atoms with E-state index < -0.39 is 6.10 Å². The van der Waals surface area contributed by atoms with Crippen molar-refractivity contribution in [3.05, 3.63) is 59.7 Å². The maximum Gasteiger partial charge on any atom is 0.0761 e. The number of hydrogen-bond acceptors (Lipinski definition) is 1. The van der Waals surface area contributed by atoms with Crippen molar-refractivity contribution in [3.8, 4) is 11.1 Å². The predicted molar refractivity (Wildman–Crippen MR) is 67.2 cm³/mol. The maximum absolute atomic E-state index is 9.42. The number of aliphatic hydroxyl groups excluding tert-OH is 1. The lowest BCUT2D eigenvalue weighted by Gasteiger charge is -2.06. The van der Waals surface area contributed by atoms with Crippen molar-refractivity contribution in [1.29, 1.82) is 0 Å². The molecule has 0 fully saturated rings. The molecule has 0 aliphatic rings. The van der Waals surface area contributed by atoms with Crippen LogP contribution in [0.15, 0.2) is 48.5 Å². The van der Waals surface area contributed by atoms with Gasteiger partial charge < -0.3 is 5.11 Å². The van der Waals surface area contributed by atoms with Crippen molar-refractivity contribution >= 4 is 0 Å². The van der Waals surface area contributed by atoms with Crippen molar-refractivity contribution in [3.63, 3.8) is 0 Å². The second-order valence-electron chi connectivity index (χ2n) is 4.16. The van der Waals surface area contributed by atoms with E-state index in [4.69, 9.17) is 0 Å². The summed E-state index contributed by atoms with van der Waals surface area (Å²) in [6, 6.07) is 16.5. The van der Waals surface area contributed by atoms with E-state index in [1.165, 1.54) is 16.7 Å². The van der Waals surface area contributed by atoms with Crippen LogP contribution in [0.3, 0.4) is 0 Å².